The summed E-state index contributed by atoms with van der Waals surface area (Å²) >= 11 is 5.86. The molecule has 6 heteroatoms. The van der Waals surface area contributed by atoms with Gasteiger partial charge in [0.15, 0.2) is 6.29 Å². The molecule has 0 radical (unpaired) electrons. The molecule has 0 aliphatic rings. The molecule has 0 aliphatic carbocycles. The molecule has 1 heterocycles. The molecule has 1 N–H and O–H groups in total. The van der Waals surface area contributed by atoms with Crippen LogP contribution in [0.5, 0.6) is 0 Å². The molecule has 0 saturated heterocycles. The standard InChI is InChI=1S/C13H11ClFN3O/c1-7-4-3-5-10(15)11(7)18-13-9(6-19)12(14)16-8(2)17-13/h3-6H,1-2H3,(H,16,17,18). The molecule has 0 unspecified atom stereocenters. The number of rotatable bonds is 3. The van der Waals surface area contributed by atoms with Gasteiger partial charge in [-0.15, -0.1) is 0 Å². The zero-order valence-corrected chi connectivity index (χ0v) is 11.1. The average Bonchev–Trinajstić information content (AvgIpc) is 2.33. The third kappa shape index (κ3) is 2.71. The number of anilines is 2. The Morgan fingerprint density at radius 3 is 2.68 bits per heavy atom. The maximum absolute atomic E-state index is 13.7. The lowest BCUT2D eigenvalue weighted by Crippen LogP contribution is -2.05. The van der Waals surface area contributed by atoms with Crippen LogP contribution < -0.4 is 5.32 Å². The minimum atomic E-state index is -0.427. The van der Waals surface area contributed by atoms with Gasteiger partial charge in [-0.25, -0.2) is 14.4 Å². The van der Waals surface area contributed by atoms with Gasteiger partial charge in [-0.05, 0) is 25.5 Å². The first kappa shape index (κ1) is 13.4. The Hall–Kier alpha value is -2.01. The second kappa shape index (κ2) is 5.32. The van der Waals surface area contributed by atoms with Crippen LogP contribution in [0.15, 0.2) is 18.2 Å². The van der Waals surface area contributed by atoms with E-state index in [0.717, 1.165) is 0 Å². The molecular weight excluding hydrogens is 269 g/mol. The largest absolute Gasteiger partial charge is 0.337 e. The minimum Gasteiger partial charge on any atom is -0.337 e. The molecule has 2 rings (SSSR count). The summed E-state index contributed by atoms with van der Waals surface area (Å²) < 4.78 is 13.7. The predicted molar refractivity (Wildman–Crippen MR) is 71.6 cm³/mol. The van der Waals surface area contributed by atoms with E-state index in [4.69, 9.17) is 11.6 Å². The van der Waals surface area contributed by atoms with Gasteiger partial charge in [0.1, 0.15) is 22.6 Å². The third-order valence-corrected chi connectivity index (χ3v) is 2.88. The van der Waals surface area contributed by atoms with Crippen LogP contribution in [0, 0.1) is 19.7 Å². The molecule has 0 amide bonds. The van der Waals surface area contributed by atoms with Gasteiger partial charge >= 0.3 is 0 Å². The summed E-state index contributed by atoms with van der Waals surface area (Å²) in [5, 5.41) is 2.84. The van der Waals surface area contributed by atoms with Gasteiger partial charge in [0, 0.05) is 0 Å². The zero-order chi connectivity index (χ0) is 14.0. The van der Waals surface area contributed by atoms with E-state index >= 15 is 0 Å². The van der Waals surface area contributed by atoms with Crippen molar-refractivity contribution >= 4 is 29.4 Å². The Morgan fingerprint density at radius 1 is 1.32 bits per heavy atom. The van der Waals surface area contributed by atoms with Crippen LogP contribution in [-0.4, -0.2) is 16.3 Å². The summed E-state index contributed by atoms with van der Waals surface area (Å²) in [6, 6.07) is 4.68. The van der Waals surface area contributed by atoms with Crippen molar-refractivity contribution in [2.75, 3.05) is 5.32 Å². The molecular formula is C13H11ClFN3O. The number of carbonyl (C=O) groups excluding carboxylic acids is 1. The second-order valence-electron chi connectivity index (χ2n) is 4.00. The Morgan fingerprint density at radius 2 is 2.05 bits per heavy atom. The molecule has 1 aromatic carbocycles. The molecule has 2 aromatic rings. The number of hydrogen-bond donors (Lipinski definition) is 1. The highest BCUT2D eigenvalue weighted by Crippen LogP contribution is 2.26. The number of nitrogens with zero attached hydrogens (tertiary/aromatic N) is 2. The summed E-state index contributed by atoms with van der Waals surface area (Å²) in [5.41, 5.74) is 1.07. The smallest absolute Gasteiger partial charge is 0.156 e. The lowest BCUT2D eigenvalue weighted by molar-refractivity contribution is 0.112. The van der Waals surface area contributed by atoms with Crippen molar-refractivity contribution in [3.8, 4) is 0 Å². The Balaban J connectivity index is 2.52. The molecule has 0 aliphatic heterocycles. The Labute approximate surface area is 114 Å². The van der Waals surface area contributed by atoms with Crippen molar-refractivity contribution in [2.45, 2.75) is 13.8 Å². The van der Waals surface area contributed by atoms with Crippen molar-refractivity contribution in [3.05, 3.63) is 46.1 Å². The summed E-state index contributed by atoms with van der Waals surface area (Å²) in [5.74, 6) is 0.164. The molecule has 1 aromatic heterocycles. The van der Waals surface area contributed by atoms with E-state index in [1.54, 1.807) is 26.0 Å². The lowest BCUT2D eigenvalue weighted by atomic mass is 10.2. The van der Waals surface area contributed by atoms with E-state index in [-0.39, 0.29) is 22.2 Å². The van der Waals surface area contributed by atoms with Gasteiger partial charge in [-0.3, -0.25) is 4.79 Å². The van der Waals surface area contributed by atoms with E-state index in [9.17, 15) is 9.18 Å². The number of nitrogens with one attached hydrogen (secondary N) is 1. The number of aldehydes is 1. The molecule has 0 saturated carbocycles. The lowest BCUT2D eigenvalue weighted by Gasteiger charge is -2.12. The van der Waals surface area contributed by atoms with Gasteiger partial charge in [0.25, 0.3) is 0 Å². The third-order valence-electron chi connectivity index (χ3n) is 2.59. The van der Waals surface area contributed by atoms with Gasteiger partial charge in [0.2, 0.25) is 0 Å². The van der Waals surface area contributed by atoms with E-state index in [0.29, 0.717) is 17.7 Å². The van der Waals surface area contributed by atoms with Gasteiger partial charge in [-0.2, -0.15) is 0 Å². The van der Waals surface area contributed by atoms with Crippen LogP contribution in [0.25, 0.3) is 0 Å². The maximum Gasteiger partial charge on any atom is 0.156 e. The number of aromatic nitrogens is 2. The predicted octanol–water partition coefficient (Wildman–Crippen LogP) is 3.44. The summed E-state index contributed by atoms with van der Waals surface area (Å²) in [6.45, 7) is 3.39. The van der Waals surface area contributed by atoms with Crippen molar-refractivity contribution in [2.24, 2.45) is 0 Å². The minimum absolute atomic E-state index is 0.0407. The SMILES string of the molecule is Cc1nc(Cl)c(C=O)c(Nc2c(C)cccc2F)n1. The average molecular weight is 280 g/mol. The van der Waals surface area contributed by atoms with E-state index in [1.165, 1.54) is 6.07 Å². The number of carbonyl (C=O) groups is 1. The fourth-order valence-electron chi connectivity index (χ4n) is 1.66. The van der Waals surface area contributed by atoms with Crippen molar-refractivity contribution in [3.63, 3.8) is 0 Å². The summed E-state index contributed by atoms with van der Waals surface area (Å²) in [4.78, 5) is 19.0. The molecule has 98 valence electrons. The molecule has 0 bridgehead atoms. The quantitative estimate of drug-likeness (QED) is 0.691. The highest BCUT2D eigenvalue weighted by Gasteiger charge is 2.14. The van der Waals surface area contributed by atoms with Crippen LogP contribution in [0.1, 0.15) is 21.7 Å². The molecule has 0 spiro atoms. The van der Waals surface area contributed by atoms with Crippen LogP contribution in [0.2, 0.25) is 5.15 Å². The van der Waals surface area contributed by atoms with Crippen molar-refractivity contribution < 1.29 is 9.18 Å². The highest BCUT2D eigenvalue weighted by molar-refractivity contribution is 6.32. The Bertz CT molecular complexity index is 626. The first-order valence-electron chi connectivity index (χ1n) is 5.54. The molecule has 0 atom stereocenters. The molecule has 4 nitrogen and oxygen atoms in total. The maximum atomic E-state index is 13.7. The van der Waals surface area contributed by atoms with E-state index in [1.807, 2.05) is 0 Å². The normalized spacial score (nSPS) is 10.3. The topological polar surface area (TPSA) is 54.9 Å². The van der Waals surface area contributed by atoms with Crippen LogP contribution in [0.3, 0.4) is 0 Å². The van der Waals surface area contributed by atoms with E-state index < -0.39 is 5.82 Å². The second-order valence-corrected chi connectivity index (χ2v) is 4.36. The first-order chi connectivity index (χ1) is 9.02. The van der Waals surface area contributed by atoms with Crippen molar-refractivity contribution in [1.29, 1.82) is 0 Å². The van der Waals surface area contributed by atoms with Crippen LogP contribution in [0.4, 0.5) is 15.9 Å². The first-order valence-corrected chi connectivity index (χ1v) is 5.92. The zero-order valence-electron chi connectivity index (χ0n) is 10.4. The Kier molecular flexibility index (Phi) is 3.76. The highest BCUT2D eigenvalue weighted by atomic mass is 35.5. The fraction of sp³-hybridized carbons (Fsp3) is 0.154. The number of halogens is 2. The van der Waals surface area contributed by atoms with Crippen molar-refractivity contribution in [1.82, 2.24) is 9.97 Å². The van der Waals surface area contributed by atoms with Gasteiger partial charge < -0.3 is 5.32 Å². The molecule has 19 heavy (non-hydrogen) atoms. The van der Waals surface area contributed by atoms with Crippen LogP contribution in [-0.2, 0) is 0 Å². The fourth-order valence-corrected chi connectivity index (χ4v) is 1.91. The monoisotopic (exact) mass is 279 g/mol. The van der Waals surface area contributed by atoms with Gasteiger partial charge in [0.05, 0.1) is 11.3 Å². The summed E-state index contributed by atoms with van der Waals surface area (Å²) in [6.07, 6.45) is 0.542. The van der Waals surface area contributed by atoms with E-state index in [2.05, 4.69) is 15.3 Å². The number of aryl methyl sites for hydroxylation is 2. The molecule has 0 fully saturated rings. The summed E-state index contributed by atoms with van der Waals surface area (Å²) in [7, 11) is 0. The van der Waals surface area contributed by atoms with Crippen LogP contribution >= 0.6 is 11.6 Å². The van der Waals surface area contributed by atoms with Gasteiger partial charge in [-0.1, -0.05) is 23.7 Å². The number of hydrogen-bond acceptors (Lipinski definition) is 4. The number of para-hydroxylation sites is 1. The number of benzene rings is 1.